The Labute approximate surface area is 202 Å². The van der Waals surface area contributed by atoms with E-state index >= 15 is 0 Å². The molecular weight excluding hydrogens is 474 g/mol. The minimum atomic E-state index is -3.78. The smallest absolute Gasteiger partial charge is 0.293 e. The topological polar surface area (TPSA) is 108 Å². The van der Waals surface area contributed by atoms with Gasteiger partial charge in [-0.15, -0.1) is 0 Å². The van der Waals surface area contributed by atoms with Crippen molar-refractivity contribution >= 4 is 32.7 Å². The first-order valence-electron chi connectivity index (χ1n) is 11.5. The van der Waals surface area contributed by atoms with Crippen LogP contribution in [0.5, 0.6) is 0 Å². The number of rotatable bonds is 7. The molecule has 182 valence electrons. The van der Waals surface area contributed by atoms with Gasteiger partial charge in [0.2, 0.25) is 10.0 Å². The lowest BCUT2D eigenvalue weighted by Gasteiger charge is -2.23. The minimum Gasteiger partial charge on any atom is -0.293 e. The van der Waals surface area contributed by atoms with Crippen molar-refractivity contribution in [2.24, 2.45) is 13.0 Å². The molecule has 1 N–H and O–H groups in total. The van der Waals surface area contributed by atoms with Crippen LogP contribution in [0.15, 0.2) is 45.1 Å². The van der Waals surface area contributed by atoms with Gasteiger partial charge in [-0.25, -0.2) is 17.9 Å². The lowest BCUT2D eigenvalue weighted by atomic mass is 10.0. The zero-order valence-electron chi connectivity index (χ0n) is 19.4. The van der Waals surface area contributed by atoms with Gasteiger partial charge < -0.3 is 0 Å². The number of benzene rings is 1. The molecule has 0 radical (unpaired) electrons. The number of sulfonamides is 1. The SMILES string of the molecule is Cn1cc(Cn2c(=O)c3cc(S(=O)(=O)NC4(C)CC4)ccc3n(CC3CCSCC3)c2=O)cn1. The Morgan fingerprint density at radius 2 is 1.91 bits per heavy atom. The van der Waals surface area contributed by atoms with Crippen molar-refractivity contribution in [1.82, 2.24) is 23.6 Å². The number of nitrogens with zero attached hydrogens (tertiary/aromatic N) is 4. The van der Waals surface area contributed by atoms with Crippen molar-refractivity contribution in [3.63, 3.8) is 0 Å². The Hall–Kier alpha value is -2.37. The molecule has 0 amide bonds. The van der Waals surface area contributed by atoms with Crippen LogP contribution in [0, 0.1) is 5.92 Å². The highest BCUT2D eigenvalue weighted by molar-refractivity contribution is 7.99. The van der Waals surface area contributed by atoms with Gasteiger partial charge in [0.25, 0.3) is 5.56 Å². The fourth-order valence-electron chi connectivity index (χ4n) is 4.48. The number of nitrogens with one attached hydrogen (secondary N) is 1. The molecule has 11 heteroatoms. The molecule has 2 aliphatic rings. The summed E-state index contributed by atoms with van der Waals surface area (Å²) in [5, 5.41) is 4.37. The molecule has 1 saturated heterocycles. The van der Waals surface area contributed by atoms with E-state index in [1.807, 2.05) is 18.7 Å². The number of fused-ring (bicyclic) bond motifs is 1. The molecule has 34 heavy (non-hydrogen) atoms. The average molecular weight is 504 g/mol. The lowest BCUT2D eigenvalue weighted by Crippen LogP contribution is -2.41. The molecule has 0 bridgehead atoms. The van der Waals surface area contributed by atoms with Crippen molar-refractivity contribution in [1.29, 1.82) is 0 Å². The predicted octanol–water partition coefficient (Wildman–Crippen LogP) is 1.92. The standard InChI is InChI=1S/C23H29N5O4S2/c1-23(7-8-23)25-34(31,32)18-3-4-20-19(11-18)21(29)28(15-17-12-24-26(2)13-17)22(30)27(20)14-16-5-9-33-10-6-16/h3-4,11-13,16,25H,5-10,14-15H2,1-2H3. The summed E-state index contributed by atoms with van der Waals surface area (Å²) in [4.78, 5) is 27.1. The maximum absolute atomic E-state index is 13.5. The predicted molar refractivity (Wildman–Crippen MR) is 133 cm³/mol. The highest BCUT2D eigenvalue weighted by Gasteiger charge is 2.41. The molecule has 1 saturated carbocycles. The summed E-state index contributed by atoms with van der Waals surface area (Å²) in [6.07, 6.45) is 6.98. The first-order valence-corrected chi connectivity index (χ1v) is 14.2. The van der Waals surface area contributed by atoms with E-state index in [0.29, 0.717) is 18.0 Å². The van der Waals surface area contributed by atoms with Crippen LogP contribution in [-0.2, 0) is 30.2 Å². The maximum Gasteiger partial charge on any atom is 0.331 e. The van der Waals surface area contributed by atoms with Crippen molar-refractivity contribution in [2.45, 2.75) is 56.1 Å². The molecule has 0 unspecified atom stereocenters. The molecule has 0 atom stereocenters. The Balaban J connectivity index is 1.65. The van der Waals surface area contributed by atoms with Crippen molar-refractivity contribution < 1.29 is 8.42 Å². The molecule has 1 aromatic carbocycles. The summed E-state index contributed by atoms with van der Waals surface area (Å²) in [6.45, 7) is 2.45. The Bertz CT molecular complexity index is 1460. The molecule has 1 aliphatic carbocycles. The normalized spacial score (nSPS) is 18.4. The molecule has 2 fully saturated rings. The van der Waals surface area contributed by atoms with E-state index < -0.39 is 21.1 Å². The van der Waals surface area contributed by atoms with Crippen LogP contribution in [0.25, 0.3) is 10.9 Å². The Kier molecular flexibility index (Phi) is 5.97. The van der Waals surface area contributed by atoms with Gasteiger partial charge >= 0.3 is 5.69 Å². The van der Waals surface area contributed by atoms with E-state index in [-0.39, 0.29) is 22.5 Å². The average Bonchev–Trinajstić information content (AvgIpc) is 3.37. The number of thioether (sulfide) groups is 1. The number of aryl methyl sites for hydroxylation is 1. The number of hydrogen-bond donors (Lipinski definition) is 1. The highest BCUT2D eigenvalue weighted by atomic mass is 32.2. The number of hydrogen-bond acceptors (Lipinski definition) is 6. The summed E-state index contributed by atoms with van der Waals surface area (Å²) >= 11 is 1.92. The molecule has 5 rings (SSSR count). The van der Waals surface area contributed by atoms with Gasteiger partial charge in [0.15, 0.2) is 0 Å². The monoisotopic (exact) mass is 503 g/mol. The Morgan fingerprint density at radius 1 is 1.18 bits per heavy atom. The number of aromatic nitrogens is 4. The second-order valence-electron chi connectivity index (χ2n) is 9.71. The van der Waals surface area contributed by atoms with Crippen LogP contribution in [0.4, 0.5) is 0 Å². The summed E-state index contributed by atoms with van der Waals surface area (Å²) in [6, 6.07) is 4.51. The summed E-state index contributed by atoms with van der Waals surface area (Å²) < 4.78 is 33.2. The zero-order chi connectivity index (χ0) is 24.1. The van der Waals surface area contributed by atoms with Gasteiger partial charge in [-0.05, 0) is 68.2 Å². The molecule has 9 nitrogen and oxygen atoms in total. The lowest BCUT2D eigenvalue weighted by molar-refractivity contribution is 0.407. The Morgan fingerprint density at radius 3 is 2.56 bits per heavy atom. The van der Waals surface area contributed by atoms with Gasteiger partial charge in [-0.1, -0.05) is 0 Å². The quantitative estimate of drug-likeness (QED) is 0.528. The highest BCUT2D eigenvalue weighted by Crippen LogP contribution is 2.36. The maximum atomic E-state index is 13.5. The van der Waals surface area contributed by atoms with Crippen LogP contribution in [0.1, 0.15) is 38.2 Å². The fraction of sp³-hybridized carbons (Fsp3) is 0.522. The van der Waals surface area contributed by atoms with E-state index in [1.54, 1.807) is 34.8 Å². The molecule has 3 aromatic rings. The van der Waals surface area contributed by atoms with E-state index in [1.165, 1.54) is 16.7 Å². The van der Waals surface area contributed by atoms with Gasteiger partial charge in [-0.3, -0.25) is 18.6 Å². The van der Waals surface area contributed by atoms with Gasteiger partial charge in [0.1, 0.15) is 0 Å². The van der Waals surface area contributed by atoms with Crippen LogP contribution in [0.2, 0.25) is 0 Å². The summed E-state index contributed by atoms with van der Waals surface area (Å²) in [7, 11) is -2.01. The molecular formula is C23H29N5O4S2. The minimum absolute atomic E-state index is 0.0393. The van der Waals surface area contributed by atoms with Crippen LogP contribution in [0.3, 0.4) is 0 Å². The first kappa shape index (κ1) is 23.4. The van der Waals surface area contributed by atoms with Crippen LogP contribution >= 0.6 is 11.8 Å². The molecule has 0 spiro atoms. The van der Waals surface area contributed by atoms with Gasteiger partial charge in [0.05, 0.1) is 28.5 Å². The summed E-state index contributed by atoms with van der Waals surface area (Å²) in [5.74, 6) is 2.45. The largest absolute Gasteiger partial charge is 0.331 e. The van der Waals surface area contributed by atoms with Crippen molar-refractivity contribution in [3.8, 4) is 0 Å². The van der Waals surface area contributed by atoms with E-state index in [9.17, 15) is 18.0 Å². The van der Waals surface area contributed by atoms with Crippen LogP contribution < -0.4 is 16.0 Å². The van der Waals surface area contributed by atoms with E-state index in [4.69, 9.17) is 0 Å². The second kappa shape index (κ2) is 8.69. The zero-order valence-corrected chi connectivity index (χ0v) is 21.0. The van der Waals surface area contributed by atoms with Gasteiger partial charge in [0, 0.05) is 30.9 Å². The van der Waals surface area contributed by atoms with Crippen LogP contribution in [-0.4, -0.2) is 44.4 Å². The molecule has 2 aromatic heterocycles. The third-order valence-corrected chi connectivity index (χ3v) is 9.45. The van der Waals surface area contributed by atoms with E-state index in [0.717, 1.165) is 42.8 Å². The van der Waals surface area contributed by atoms with Crippen molar-refractivity contribution in [2.75, 3.05) is 11.5 Å². The fourth-order valence-corrected chi connectivity index (χ4v) is 7.18. The second-order valence-corrected chi connectivity index (χ2v) is 12.6. The molecule has 1 aliphatic heterocycles. The van der Waals surface area contributed by atoms with Gasteiger partial charge in [-0.2, -0.15) is 16.9 Å². The first-order chi connectivity index (χ1) is 16.2. The van der Waals surface area contributed by atoms with Crippen molar-refractivity contribution in [3.05, 3.63) is 57.0 Å². The van der Waals surface area contributed by atoms with E-state index in [2.05, 4.69) is 9.82 Å². The molecule has 3 heterocycles. The third kappa shape index (κ3) is 4.60. The third-order valence-electron chi connectivity index (χ3n) is 6.77. The summed E-state index contributed by atoms with van der Waals surface area (Å²) in [5.41, 5.74) is -0.0830.